The van der Waals surface area contributed by atoms with Gasteiger partial charge in [-0.3, -0.25) is 28.5 Å². The molecule has 2 heterocycles. The lowest BCUT2D eigenvalue weighted by Gasteiger charge is -2.38. The SMILES string of the molecule is CC[C@H](C)[C@H](NC(=O)CCOCCOC)C(=O)N[C@@H](CCCCN)C(=O)N1CCN(c2ccc3ncn(CC(=O)NC)c(=O)c3c2)CC1. The van der Waals surface area contributed by atoms with Crippen molar-refractivity contribution < 1.29 is 28.7 Å². The van der Waals surface area contributed by atoms with E-state index in [0.29, 0.717) is 82.5 Å². The van der Waals surface area contributed by atoms with E-state index in [2.05, 4.69) is 25.8 Å². The summed E-state index contributed by atoms with van der Waals surface area (Å²) in [6, 6.07) is 3.87. The predicted molar refractivity (Wildman–Crippen MR) is 182 cm³/mol. The predicted octanol–water partition coefficient (Wildman–Crippen LogP) is -0.0111. The van der Waals surface area contributed by atoms with Crippen LogP contribution in [0.1, 0.15) is 46.0 Å². The molecule has 1 aliphatic rings. The zero-order valence-electron chi connectivity index (χ0n) is 28.7. The minimum absolute atomic E-state index is 0.104. The van der Waals surface area contributed by atoms with Crippen molar-refractivity contribution in [1.82, 2.24) is 30.4 Å². The fourth-order valence-electron chi connectivity index (χ4n) is 5.46. The second-order valence-corrected chi connectivity index (χ2v) is 12.0. The number of fused-ring (bicyclic) bond motifs is 1. The lowest BCUT2D eigenvalue weighted by atomic mass is 9.97. The molecule has 0 unspecified atom stereocenters. The number of aromatic nitrogens is 2. The molecule has 1 aliphatic heterocycles. The van der Waals surface area contributed by atoms with E-state index < -0.39 is 18.0 Å². The van der Waals surface area contributed by atoms with Crippen LogP contribution in [0.5, 0.6) is 0 Å². The molecule has 0 saturated carbocycles. The molecule has 3 rings (SSSR count). The van der Waals surface area contributed by atoms with Gasteiger partial charge in [0.25, 0.3) is 5.56 Å². The Balaban J connectivity index is 1.67. The lowest BCUT2D eigenvalue weighted by molar-refractivity contribution is -0.138. The number of amides is 4. The number of anilines is 1. The highest BCUT2D eigenvalue weighted by molar-refractivity contribution is 5.92. The third-order valence-corrected chi connectivity index (χ3v) is 8.64. The minimum atomic E-state index is -0.800. The summed E-state index contributed by atoms with van der Waals surface area (Å²) in [7, 11) is 3.08. The zero-order valence-corrected chi connectivity index (χ0v) is 28.7. The van der Waals surface area contributed by atoms with Gasteiger partial charge in [-0.1, -0.05) is 20.3 Å². The third-order valence-electron chi connectivity index (χ3n) is 8.64. The molecule has 0 radical (unpaired) electrons. The monoisotopic (exact) mass is 672 g/mol. The van der Waals surface area contributed by atoms with Gasteiger partial charge in [-0.15, -0.1) is 0 Å². The number of nitrogens with one attached hydrogen (secondary N) is 3. The summed E-state index contributed by atoms with van der Waals surface area (Å²) in [5.74, 6) is -1.33. The molecule has 48 heavy (non-hydrogen) atoms. The number of rotatable bonds is 19. The molecule has 0 bridgehead atoms. The van der Waals surface area contributed by atoms with Gasteiger partial charge in [-0.2, -0.15) is 0 Å². The Hall–Kier alpha value is -4.08. The number of benzene rings is 1. The number of ether oxygens (including phenoxy) is 2. The van der Waals surface area contributed by atoms with Crippen molar-refractivity contribution in [2.75, 3.05) is 71.6 Å². The Morgan fingerprint density at radius 2 is 1.77 bits per heavy atom. The van der Waals surface area contributed by atoms with E-state index in [9.17, 15) is 24.0 Å². The van der Waals surface area contributed by atoms with E-state index >= 15 is 0 Å². The second-order valence-electron chi connectivity index (χ2n) is 12.0. The number of hydrogen-bond donors (Lipinski definition) is 4. The standard InChI is InChI=1S/C33H52N8O7/c1-5-23(2)30(38-28(42)11-17-48-19-18-47-4)31(44)37-27(8-6-7-12-34)33(46)40-15-13-39(14-16-40)24-9-10-26-25(20-24)32(45)41(22-36-26)21-29(43)35-3/h9-10,20,22-23,27,30H,5-8,11-19,21,34H2,1-4H3,(H,35,43)(H,37,44)(H,38,42)/t23-,27-,30-/m0/s1. The molecule has 1 fully saturated rings. The molecule has 4 amide bonds. The largest absolute Gasteiger partial charge is 0.382 e. The quantitative estimate of drug-likeness (QED) is 0.148. The molecule has 1 aromatic carbocycles. The van der Waals surface area contributed by atoms with Crippen LogP contribution in [0.2, 0.25) is 0 Å². The third kappa shape index (κ3) is 11.0. The Morgan fingerprint density at radius 1 is 1.02 bits per heavy atom. The van der Waals surface area contributed by atoms with Gasteiger partial charge >= 0.3 is 0 Å². The van der Waals surface area contributed by atoms with Crippen molar-refractivity contribution in [3.8, 4) is 0 Å². The maximum atomic E-state index is 13.8. The minimum Gasteiger partial charge on any atom is -0.382 e. The van der Waals surface area contributed by atoms with Crippen molar-refractivity contribution in [3.05, 3.63) is 34.9 Å². The Bertz CT molecular complexity index is 1430. The van der Waals surface area contributed by atoms with E-state index in [1.54, 1.807) is 24.1 Å². The van der Waals surface area contributed by atoms with Gasteiger partial charge in [-0.05, 0) is 49.9 Å². The normalized spacial score (nSPS) is 15.1. The van der Waals surface area contributed by atoms with Crippen LogP contribution in [-0.4, -0.2) is 117 Å². The summed E-state index contributed by atoms with van der Waals surface area (Å²) in [4.78, 5) is 73.1. The Kier molecular flexibility index (Phi) is 15.7. The summed E-state index contributed by atoms with van der Waals surface area (Å²) in [6.07, 6.45) is 3.93. The highest BCUT2D eigenvalue weighted by Crippen LogP contribution is 2.21. The van der Waals surface area contributed by atoms with Crippen LogP contribution < -0.4 is 32.1 Å². The average molecular weight is 673 g/mol. The van der Waals surface area contributed by atoms with Crippen molar-refractivity contribution in [3.63, 3.8) is 0 Å². The van der Waals surface area contributed by atoms with Crippen molar-refractivity contribution in [1.29, 1.82) is 0 Å². The van der Waals surface area contributed by atoms with Crippen LogP contribution in [0, 0.1) is 5.92 Å². The van der Waals surface area contributed by atoms with Crippen molar-refractivity contribution in [2.45, 2.75) is 64.6 Å². The molecule has 0 aliphatic carbocycles. The molecule has 0 spiro atoms. The molecule has 2 aromatic rings. The van der Waals surface area contributed by atoms with Crippen LogP contribution in [-0.2, 0) is 35.2 Å². The lowest BCUT2D eigenvalue weighted by Crippen LogP contribution is -2.58. The Labute approximate surface area is 281 Å². The smallest absolute Gasteiger partial charge is 0.261 e. The fraction of sp³-hybridized carbons (Fsp3) is 0.636. The maximum Gasteiger partial charge on any atom is 0.261 e. The van der Waals surface area contributed by atoms with Crippen LogP contribution in [0.15, 0.2) is 29.3 Å². The second kappa shape index (κ2) is 19.7. The number of nitrogens with two attached hydrogens (primary N) is 1. The molecule has 1 saturated heterocycles. The van der Waals surface area contributed by atoms with Crippen LogP contribution in [0.4, 0.5) is 5.69 Å². The highest BCUT2D eigenvalue weighted by atomic mass is 16.5. The maximum absolute atomic E-state index is 13.8. The van der Waals surface area contributed by atoms with E-state index in [0.717, 1.165) is 5.69 Å². The number of nitrogens with zero attached hydrogens (tertiary/aromatic N) is 4. The molecular formula is C33H52N8O7. The average Bonchev–Trinajstić information content (AvgIpc) is 3.10. The van der Waals surface area contributed by atoms with Gasteiger partial charge in [0.05, 0.1) is 37.1 Å². The summed E-state index contributed by atoms with van der Waals surface area (Å²) in [5, 5.41) is 8.71. The zero-order chi connectivity index (χ0) is 35.1. The first-order chi connectivity index (χ1) is 23.1. The summed E-state index contributed by atoms with van der Waals surface area (Å²) in [5.41, 5.74) is 6.76. The van der Waals surface area contributed by atoms with E-state index in [1.807, 2.05) is 19.9 Å². The van der Waals surface area contributed by atoms with Crippen LogP contribution in [0.3, 0.4) is 0 Å². The van der Waals surface area contributed by atoms with Crippen molar-refractivity contribution in [2.24, 2.45) is 11.7 Å². The first kappa shape index (κ1) is 38.4. The molecule has 3 atom stereocenters. The summed E-state index contributed by atoms with van der Waals surface area (Å²) >= 11 is 0. The number of unbranched alkanes of at least 4 members (excludes halogenated alkanes) is 1. The molecular weight excluding hydrogens is 620 g/mol. The highest BCUT2D eigenvalue weighted by Gasteiger charge is 2.32. The number of likely N-dealkylation sites (N-methyl/N-ethyl adjacent to an activating group) is 1. The van der Waals surface area contributed by atoms with Crippen LogP contribution >= 0.6 is 0 Å². The van der Waals surface area contributed by atoms with Gasteiger partial charge in [-0.25, -0.2) is 4.98 Å². The van der Waals surface area contributed by atoms with E-state index in [4.69, 9.17) is 15.2 Å². The summed E-state index contributed by atoms with van der Waals surface area (Å²) < 4.78 is 11.6. The number of piperazine rings is 1. The first-order valence-corrected chi connectivity index (χ1v) is 16.7. The fourth-order valence-corrected chi connectivity index (χ4v) is 5.46. The molecule has 15 nitrogen and oxygen atoms in total. The van der Waals surface area contributed by atoms with Gasteiger partial charge in [0.15, 0.2) is 0 Å². The van der Waals surface area contributed by atoms with Gasteiger partial charge < -0.3 is 41.0 Å². The van der Waals surface area contributed by atoms with E-state index in [1.165, 1.54) is 17.9 Å². The van der Waals surface area contributed by atoms with E-state index in [-0.39, 0.29) is 48.8 Å². The van der Waals surface area contributed by atoms with Gasteiger partial charge in [0, 0.05) is 52.4 Å². The van der Waals surface area contributed by atoms with Crippen molar-refractivity contribution >= 4 is 40.2 Å². The number of carbonyl (C=O) groups is 4. The van der Waals surface area contributed by atoms with Gasteiger partial charge in [0.2, 0.25) is 23.6 Å². The molecule has 5 N–H and O–H groups in total. The number of methoxy groups -OCH3 is 1. The Morgan fingerprint density at radius 3 is 2.44 bits per heavy atom. The molecule has 1 aromatic heterocycles. The van der Waals surface area contributed by atoms with Crippen LogP contribution in [0.25, 0.3) is 10.9 Å². The first-order valence-electron chi connectivity index (χ1n) is 16.7. The molecule has 266 valence electrons. The van der Waals surface area contributed by atoms with Gasteiger partial charge in [0.1, 0.15) is 18.6 Å². The number of carbonyl (C=O) groups excluding carboxylic acids is 4. The topological polar surface area (TPSA) is 190 Å². The summed E-state index contributed by atoms with van der Waals surface area (Å²) in [6.45, 7) is 7.08. The number of hydrogen-bond acceptors (Lipinski definition) is 10. The molecule has 15 heteroatoms.